The Bertz CT molecular complexity index is 1070. The van der Waals surface area contributed by atoms with Gasteiger partial charge in [0.05, 0.1) is 11.8 Å². The van der Waals surface area contributed by atoms with E-state index in [-0.39, 0.29) is 28.3 Å². The third-order valence-electron chi connectivity index (χ3n) is 5.47. The van der Waals surface area contributed by atoms with Gasteiger partial charge in [-0.1, -0.05) is 0 Å². The largest absolute Gasteiger partial charge is 0.486 e. The summed E-state index contributed by atoms with van der Waals surface area (Å²) in [4.78, 5) is 39.4. The number of primary amides is 1. The van der Waals surface area contributed by atoms with E-state index in [0.717, 1.165) is 24.4 Å². The lowest BCUT2D eigenvalue weighted by Gasteiger charge is -2.30. The Kier molecular flexibility index (Phi) is 6.65. The fraction of sp³-hybridized carbons (Fsp3) is 0.429. The second kappa shape index (κ2) is 9.63. The summed E-state index contributed by atoms with van der Waals surface area (Å²) in [5.74, 6) is -0.795. The summed E-state index contributed by atoms with van der Waals surface area (Å²) in [5, 5.41) is 2.85. The monoisotopic (exact) mass is 475 g/mol. The molecule has 4 rings (SSSR count). The fourth-order valence-electron chi connectivity index (χ4n) is 3.72. The van der Waals surface area contributed by atoms with Crippen LogP contribution >= 0.6 is 11.5 Å². The number of aromatic nitrogens is 1. The van der Waals surface area contributed by atoms with E-state index in [1.807, 2.05) is 0 Å². The molecular formula is C21H25N5O6S. The van der Waals surface area contributed by atoms with Gasteiger partial charge in [-0.3, -0.25) is 19.3 Å². The van der Waals surface area contributed by atoms with Crippen LogP contribution in [-0.4, -0.2) is 60.6 Å². The lowest BCUT2D eigenvalue weighted by atomic mass is 10.1. The van der Waals surface area contributed by atoms with Crippen LogP contribution in [0.4, 0.5) is 11.4 Å². The van der Waals surface area contributed by atoms with Gasteiger partial charge in [-0.2, -0.15) is 4.37 Å². The Morgan fingerprint density at radius 1 is 1.24 bits per heavy atom. The minimum atomic E-state index is -0.917. The van der Waals surface area contributed by atoms with Gasteiger partial charge in [-0.05, 0) is 43.4 Å². The zero-order valence-electron chi connectivity index (χ0n) is 18.0. The molecule has 2 aromatic rings. The Morgan fingerprint density at radius 2 is 2.00 bits per heavy atom. The number of amides is 3. The van der Waals surface area contributed by atoms with Crippen LogP contribution in [0.3, 0.4) is 0 Å². The van der Waals surface area contributed by atoms with Crippen LogP contribution in [0.15, 0.2) is 18.2 Å². The van der Waals surface area contributed by atoms with Crippen molar-refractivity contribution in [1.82, 2.24) is 9.69 Å². The molecule has 2 aliphatic rings. The molecule has 1 saturated heterocycles. The average Bonchev–Trinajstić information content (AvgIpc) is 3.47. The lowest BCUT2D eigenvalue weighted by molar-refractivity contribution is -0.122. The third kappa shape index (κ3) is 4.71. The highest BCUT2D eigenvalue weighted by Gasteiger charge is 2.33. The van der Waals surface area contributed by atoms with Crippen molar-refractivity contribution >= 4 is 40.6 Å². The number of nitrogens with one attached hydrogen (secondary N) is 1. The van der Waals surface area contributed by atoms with Crippen LogP contribution in [0.1, 0.15) is 39.9 Å². The van der Waals surface area contributed by atoms with Crippen molar-refractivity contribution in [3.8, 4) is 11.5 Å². The molecule has 11 nitrogen and oxygen atoms in total. The van der Waals surface area contributed by atoms with Crippen LogP contribution in [-0.2, 0) is 9.53 Å². The highest BCUT2D eigenvalue weighted by molar-refractivity contribution is 7.09. The molecule has 12 heteroatoms. The molecule has 1 aromatic heterocycles. The van der Waals surface area contributed by atoms with Gasteiger partial charge < -0.3 is 31.0 Å². The first kappa shape index (κ1) is 22.8. The molecular weight excluding hydrogens is 450 g/mol. The normalized spacial score (nSPS) is 17.9. The number of ether oxygens (including phenoxy) is 3. The van der Waals surface area contributed by atoms with Crippen LogP contribution in [0.25, 0.3) is 0 Å². The van der Waals surface area contributed by atoms with Gasteiger partial charge in [0, 0.05) is 24.9 Å². The maximum atomic E-state index is 13.6. The van der Waals surface area contributed by atoms with E-state index >= 15 is 0 Å². The Labute approximate surface area is 194 Å². The van der Waals surface area contributed by atoms with Crippen LogP contribution < -0.4 is 31.2 Å². The van der Waals surface area contributed by atoms with Crippen LogP contribution in [0, 0.1) is 0 Å². The summed E-state index contributed by atoms with van der Waals surface area (Å²) in [6.45, 7) is 3.41. The number of hydrogen-bond donors (Lipinski definition) is 3. The highest BCUT2D eigenvalue weighted by atomic mass is 32.1. The molecule has 1 fully saturated rings. The van der Waals surface area contributed by atoms with Gasteiger partial charge in [-0.15, -0.1) is 0 Å². The number of hydrogen-bond acceptors (Lipinski definition) is 9. The SMILES string of the molecule is C[C@@H](C(=O)NC[C@@H]1CCCO1)N(C(=O)c1snc(C(N)=O)c1N)c1ccc2c(c1)OCCO2. The van der Waals surface area contributed by atoms with E-state index in [9.17, 15) is 14.4 Å². The molecule has 3 heterocycles. The molecule has 3 amide bonds. The molecule has 1 aromatic carbocycles. The fourth-order valence-corrected chi connectivity index (χ4v) is 4.46. The summed E-state index contributed by atoms with van der Waals surface area (Å²) in [7, 11) is 0. The van der Waals surface area contributed by atoms with E-state index in [1.165, 1.54) is 4.90 Å². The summed E-state index contributed by atoms with van der Waals surface area (Å²) < 4.78 is 20.7. The molecule has 0 spiro atoms. The quantitative estimate of drug-likeness (QED) is 0.533. The van der Waals surface area contributed by atoms with Gasteiger partial charge >= 0.3 is 0 Å². The number of anilines is 2. The standard InChI is InChI=1S/C21H25N5O6S/c1-11(20(28)24-10-13-3-2-6-30-13)26(12-4-5-14-15(9-12)32-8-7-31-14)21(29)18-16(22)17(19(23)27)25-33-18/h4-5,9,11,13H,2-3,6-8,10,22H2,1H3,(H2,23,27)(H,24,28)/t11-,13-/m0/s1. The Hall–Kier alpha value is -3.38. The molecule has 2 aliphatic heterocycles. The van der Waals surface area contributed by atoms with Crippen molar-refractivity contribution in [2.75, 3.05) is 37.0 Å². The second-order valence-electron chi connectivity index (χ2n) is 7.70. The van der Waals surface area contributed by atoms with Crippen molar-refractivity contribution in [3.63, 3.8) is 0 Å². The number of benzene rings is 1. The van der Waals surface area contributed by atoms with Gasteiger partial charge in [0.25, 0.3) is 11.8 Å². The minimum absolute atomic E-state index is 0.0115. The first-order chi connectivity index (χ1) is 15.9. The van der Waals surface area contributed by atoms with Gasteiger partial charge in [-0.25, -0.2) is 0 Å². The zero-order chi connectivity index (χ0) is 23.5. The molecule has 5 N–H and O–H groups in total. The van der Waals surface area contributed by atoms with Gasteiger partial charge in [0.2, 0.25) is 5.91 Å². The predicted molar refractivity (Wildman–Crippen MR) is 121 cm³/mol. The molecule has 0 aliphatic carbocycles. The lowest BCUT2D eigenvalue weighted by Crippen LogP contribution is -2.49. The van der Waals surface area contributed by atoms with Crippen LogP contribution in [0.2, 0.25) is 0 Å². The first-order valence-electron chi connectivity index (χ1n) is 10.5. The highest BCUT2D eigenvalue weighted by Crippen LogP contribution is 2.36. The molecule has 0 bridgehead atoms. The van der Waals surface area contributed by atoms with E-state index in [1.54, 1.807) is 25.1 Å². The van der Waals surface area contributed by atoms with E-state index in [2.05, 4.69) is 9.69 Å². The summed E-state index contributed by atoms with van der Waals surface area (Å²) in [6.07, 6.45) is 1.77. The predicted octanol–water partition coefficient (Wildman–Crippen LogP) is 0.926. The first-order valence-corrected chi connectivity index (χ1v) is 11.3. The van der Waals surface area contributed by atoms with E-state index in [0.29, 0.717) is 43.6 Å². The number of nitrogens with two attached hydrogens (primary N) is 2. The van der Waals surface area contributed by atoms with E-state index in [4.69, 9.17) is 25.7 Å². The Balaban J connectivity index is 1.65. The van der Waals surface area contributed by atoms with Gasteiger partial charge in [0.1, 0.15) is 24.1 Å². The van der Waals surface area contributed by atoms with Crippen molar-refractivity contribution in [2.45, 2.75) is 31.9 Å². The van der Waals surface area contributed by atoms with Crippen molar-refractivity contribution in [1.29, 1.82) is 0 Å². The van der Waals surface area contributed by atoms with Gasteiger partial charge in [0.15, 0.2) is 17.2 Å². The maximum absolute atomic E-state index is 13.6. The number of carbonyl (C=O) groups is 3. The number of fused-ring (bicyclic) bond motifs is 1. The third-order valence-corrected chi connectivity index (χ3v) is 6.32. The minimum Gasteiger partial charge on any atom is -0.486 e. The second-order valence-corrected chi connectivity index (χ2v) is 8.47. The average molecular weight is 476 g/mol. The zero-order valence-corrected chi connectivity index (χ0v) is 18.9. The number of nitrogen functional groups attached to an aromatic ring is 1. The maximum Gasteiger partial charge on any atom is 0.272 e. The molecule has 2 atom stereocenters. The number of rotatable bonds is 7. The topological polar surface area (TPSA) is 159 Å². The summed E-state index contributed by atoms with van der Waals surface area (Å²) in [5.41, 5.74) is 11.4. The van der Waals surface area contributed by atoms with Crippen molar-refractivity contribution in [3.05, 3.63) is 28.8 Å². The number of carbonyl (C=O) groups excluding carboxylic acids is 3. The molecule has 0 saturated carbocycles. The molecule has 0 unspecified atom stereocenters. The summed E-state index contributed by atoms with van der Waals surface area (Å²) >= 11 is 0.753. The summed E-state index contributed by atoms with van der Waals surface area (Å²) in [6, 6.07) is 4.04. The van der Waals surface area contributed by atoms with Crippen molar-refractivity contribution in [2.24, 2.45) is 5.73 Å². The van der Waals surface area contributed by atoms with Crippen molar-refractivity contribution < 1.29 is 28.6 Å². The van der Waals surface area contributed by atoms with Crippen LogP contribution in [0.5, 0.6) is 11.5 Å². The molecule has 176 valence electrons. The molecule has 33 heavy (non-hydrogen) atoms. The smallest absolute Gasteiger partial charge is 0.272 e. The number of nitrogens with zero attached hydrogens (tertiary/aromatic N) is 2. The van der Waals surface area contributed by atoms with E-state index < -0.39 is 17.9 Å². The Morgan fingerprint density at radius 3 is 2.67 bits per heavy atom. The molecule has 0 radical (unpaired) electrons.